The van der Waals surface area contributed by atoms with Crippen molar-refractivity contribution in [3.05, 3.63) is 41.8 Å². The van der Waals surface area contributed by atoms with Gasteiger partial charge in [-0.3, -0.25) is 14.4 Å². The quantitative estimate of drug-likeness (QED) is 0.193. The average molecular weight is 791 g/mol. The number of anilines is 1. The predicted molar refractivity (Wildman–Crippen MR) is 209 cm³/mol. The van der Waals surface area contributed by atoms with Crippen molar-refractivity contribution in [3.8, 4) is 22.9 Å². The molecule has 6 rings (SSSR count). The monoisotopic (exact) mass is 790 g/mol. The largest absolute Gasteiger partial charge is 0.497 e. The summed E-state index contributed by atoms with van der Waals surface area (Å²) in [4.78, 5) is 77.8. The second-order valence-corrected chi connectivity index (χ2v) is 16.2. The number of aromatic nitrogens is 2. The van der Waals surface area contributed by atoms with E-state index in [4.69, 9.17) is 23.9 Å². The van der Waals surface area contributed by atoms with Crippen LogP contribution in [0, 0.1) is 5.92 Å². The third-order valence-corrected chi connectivity index (χ3v) is 10.7. The molecule has 15 nitrogen and oxygen atoms in total. The molecule has 1 aliphatic carbocycles. The minimum atomic E-state index is -1.25. The number of benzene rings is 1. The third kappa shape index (κ3) is 9.40. The number of thiazole rings is 1. The Labute approximate surface area is 329 Å². The minimum Gasteiger partial charge on any atom is -0.497 e. The first-order valence-corrected chi connectivity index (χ1v) is 19.9. The van der Waals surface area contributed by atoms with Gasteiger partial charge in [-0.1, -0.05) is 25.0 Å². The second kappa shape index (κ2) is 16.9. The second-order valence-electron chi connectivity index (χ2n) is 15.3. The maximum atomic E-state index is 14.6. The molecule has 3 aliphatic rings. The lowest BCUT2D eigenvalue weighted by Crippen LogP contribution is -2.56. The fraction of sp³-hybridized carbons (Fsp3) is 0.525. The number of alkyl carbamates (subject to hydrolysis) is 1. The number of hydrogen-bond acceptors (Lipinski definition) is 12. The summed E-state index contributed by atoms with van der Waals surface area (Å²) < 4.78 is 23.1. The van der Waals surface area contributed by atoms with E-state index in [0.29, 0.717) is 58.2 Å². The molecule has 3 aromatic rings. The molecule has 2 aliphatic heterocycles. The van der Waals surface area contributed by atoms with Gasteiger partial charge in [0, 0.05) is 42.2 Å². The molecule has 300 valence electrons. The van der Waals surface area contributed by atoms with E-state index in [1.807, 2.05) is 18.2 Å². The molecule has 0 spiro atoms. The highest BCUT2D eigenvalue weighted by Crippen LogP contribution is 2.46. The molecule has 1 saturated heterocycles. The molecule has 3 N–H and O–H groups in total. The number of carbonyl (C=O) groups is 5. The van der Waals surface area contributed by atoms with E-state index < -0.39 is 53.2 Å². The number of carbonyl (C=O) groups excluding carboxylic acids is 5. The van der Waals surface area contributed by atoms with Crippen LogP contribution in [0.15, 0.2) is 41.8 Å². The lowest BCUT2D eigenvalue weighted by Gasteiger charge is -2.30. The standard InChI is InChI=1S/C40H50N6O9S/c1-7-53-36(50)40-20-24(40)13-11-9-8-10-12-14-28(44-38(51)55-39(3,4)5)35(49)46-21-26(18-32(46)34(48)45-40)54-33-19-30(31-22-56-37(43-31)41-23(2)47)42-29-17-25(52-6)15-16-27(29)33/h11,13,15-17,19,22,24,26,28,32H,7-10,12,14,18,20-21H2,1-6H3,(H,44,51)(H,45,48)(H,41,43,47)/t24?,26-,28+,32+,40-/m1/s1. The highest BCUT2D eigenvalue weighted by atomic mass is 32.1. The van der Waals surface area contributed by atoms with Crippen LogP contribution in [0.25, 0.3) is 22.3 Å². The van der Waals surface area contributed by atoms with Gasteiger partial charge in [0.2, 0.25) is 17.7 Å². The molecule has 2 aromatic heterocycles. The average Bonchev–Trinajstić information content (AvgIpc) is 3.40. The van der Waals surface area contributed by atoms with Crippen molar-refractivity contribution in [3.63, 3.8) is 0 Å². The summed E-state index contributed by atoms with van der Waals surface area (Å²) in [6.07, 6.45) is 6.46. The molecule has 0 bridgehead atoms. The summed E-state index contributed by atoms with van der Waals surface area (Å²) in [5, 5.41) is 11.3. The van der Waals surface area contributed by atoms with E-state index in [-0.39, 0.29) is 31.4 Å². The van der Waals surface area contributed by atoms with E-state index in [9.17, 15) is 24.0 Å². The van der Waals surface area contributed by atoms with Gasteiger partial charge in [-0.2, -0.15) is 0 Å². The lowest BCUT2D eigenvalue weighted by atomic mass is 10.0. The Balaban J connectivity index is 1.35. The molecular formula is C40H50N6O9S. The van der Waals surface area contributed by atoms with Crippen molar-refractivity contribution in [1.29, 1.82) is 0 Å². The van der Waals surface area contributed by atoms with Gasteiger partial charge in [-0.15, -0.1) is 11.3 Å². The van der Waals surface area contributed by atoms with Crippen LogP contribution in [-0.4, -0.2) is 94.2 Å². The third-order valence-electron chi connectivity index (χ3n) is 9.89. The van der Waals surface area contributed by atoms with Crippen LogP contribution >= 0.6 is 11.3 Å². The number of fused-ring (bicyclic) bond motifs is 3. The fourth-order valence-corrected chi connectivity index (χ4v) is 7.90. The first kappa shape index (κ1) is 40.4. The number of allylic oxidation sites excluding steroid dienone is 1. The van der Waals surface area contributed by atoms with Crippen LogP contribution in [0.5, 0.6) is 11.5 Å². The van der Waals surface area contributed by atoms with Gasteiger partial charge in [0.1, 0.15) is 46.5 Å². The zero-order valence-corrected chi connectivity index (χ0v) is 33.5. The van der Waals surface area contributed by atoms with Crippen molar-refractivity contribution in [1.82, 2.24) is 25.5 Å². The van der Waals surface area contributed by atoms with Crippen molar-refractivity contribution < 1.29 is 42.9 Å². The Morgan fingerprint density at radius 1 is 1.09 bits per heavy atom. The van der Waals surface area contributed by atoms with Crippen LogP contribution in [-0.2, 0) is 28.7 Å². The molecule has 16 heteroatoms. The number of ether oxygens (including phenoxy) is 4. The fourth-order valence-electron chi connectivity index (χ4n) is 7.15. The first-order chi connectivity index (χ1) is 26.7. The summed E-state index contributed by atoms with van der Waals surface area (Å²) in [6.45, 7) is 8.51. The topological polar surface area (TPSA) is 187 Å². The van der Waals surface area contributed by atoms with Crippen molar-refractivity contribution >= 4 is 57.2 Å². The van der Waals surface area contributed by atoms with Crippen molar-refractivity contribution in [2.75, 3.05) is 25.6 Å². The van der Waals surface area contributed by atoms with Crippen LogP contribution < -0.4 is 25.4 Å². The number of rotatable bonds is 8. The van der Waals surface area contributed by atoms with E-state index >= 15 is 0 Å². The van der Waals surface area contributed by atoms with Gasteiger partial charge >= 0.3 is 12.1 Å². The zero-order chi connectivity index (χ0) is 40.2. The molecule has 2 fully saturated rings. The van der Waals surface area contributed by atoms with Crippen LogP contribution in [0.2, 0.25) is 0 Å². The smallest absolute Gasteiger partial charge is 0.408 e. The summed E-state index contributed by atoms with van der Waals surface area (Å²) in [7, 11) is 1.56. The van der Waals surface area contributed by atoms with E-state index in [1.54, 1.807) is 58.4 Å². The maximum Gasteiger partial charge on any atom is 0.408 e. The number of esters is 1. The lowest BCUT2D eigenvalue weighted by molar-refractivity contribution is -0.150. The summed E-state index contributed by atoms with van der Waals surface area (Å²) in [5.74, 6) is -0.977. The van der Waals surface area contributed by atoms with E-state index in [1.165, 1.54) is 23.2 Å². The Hall–Kier alpha value is -5.25. The zero-order valence-electron chi connectivity index (χ0n) is 32.6. The summed E-state index contributed by atoms with van der Waals surface area (Å²) in [5.41, 5.74) is -0.504. The Kier molecular flexibility index (Phi) is 12.2. The van der Waals surface area contributed by atoms with Gasteiger partial charge in [0.05, 0.1) is 31.5 Å². The predicted octanol–water partition coefficient (Wildman–Crippen LogP) is 5.53. The van der Waals surface area contributed by atoms with Gasteiger partial charge in [0.25, 0.3) is 0 Å². The summed E-state index contributed by atoms with van der Waals surface area (Å²) in [6, 6.07) is 5.10. The van der Waals surface area contributed by atoms with Gasteiger partial charge in [0.15, 0.2) is 5.13 Å². The molecule has 4 amide bonds. The molecule has 4 heterocycles. The van der Waals surface area contributed by atoms with Crippen LogP contribution in [0.3, 0.4) is 0 Å². The number of amides is 4. The highest BCUT2D eigenvalue weighted by molar-refractivity contribution is 7.14. The number of pyridine rings is 1. The molecule has 5 atom stereocenters. The number of methoxy groups -OCH3 is 1. The Morgan fingerprint density at radius 2 is 1.89 bits per heavy atom. The molecular weight excluding hydrogens is 741 g/mol. The van der Waals surface area contributed by atoms with E-state index in [2.05, 4.69) is 20.9 Å². The molecule has 1 unspecified atom stereocenters. The van der Waals surface area contributed by atoms with Crippen molar-refractivity contribution in [2.45, 2.75) is 109 Å². The maximum absolute atomic E-state index is 14.6. The molecule has 56 heavy (non-hydrogen) atoms. The van der Waals surface area contributed by atoms with E-state index in [0.717, 1.165) is 19.3 Å². The molecule has 1 saturated carbocycles. The first-order valence-electron chi connectivity index (χ1n) is 19.0. The van der Waals surface area contributed by atoms with Crippen LogP contribution in [0.1, 0.15) is 79.6 Å². The van der Waals surface area contributed by atoms with Gasteiger partial charge in [-0.05, 0) is 65.5 Å². The van der Waals surface area contributed by atoms with Crippen molar-refractivity contribution in [2.24, 2.45) is 5.92 Å². The highest BCUT2D eigenvalue weighted by Gasteiger charge is 2.62. The van der Waals surface area contributed by atoms with Gasteiger partial charge in [-0.25, -0.2) is 19.6 Å². The number of hydrogen-bond donors (Lipinski definition) is 3. The number of nitrogens with zero attached hydrogens (tertiary/aromatic N) is 3. The SMILES string of the molecule is CCOC(=O)[C@@]12CC1C=CCCCCC[C@H](NC(=O)OC(C)(C)C)C(=O)N1C[C@H](Oc3cc(-c4csc(NC(C)=O)n4)nc4cc(OC)ccc34)C[C@H]1C(=O)N2. The minimum absolute atomic E-state index is 0.0117. The van der Waals surface area contributed by atoms with Gasteiger partial charge < -0.3 is 39.8 Å². The van der Waals surface area contributed by atoms with Crippen LogP contribution in [0.4, 0.5) is 9.93 Å². The Morgan fingerprint density at radius 3 is 2.62 bits per heavy atom. The normalized spacial score (nSPS) is 24.1. The molecule has 0 radical (unpaired) electrons. The Bertz CT molecular complexity index is 2010. The molecule has 1 aromatic carbocycles. The number of nitrogens with one attached hydrogen (secondary N) is 3. The summed E-state index contributed by atoms with van der Waals surface area (Å²) >= 11 is 1.25.